The minimum atomic E-state index is -1.15. The van der Waals surface area contributed by atoms with E-state index < -0.39 is 17.7 Å². The van der Waals surface area contributed by atoms with E-state index in [4.69, 9.17) is 0 Å². The number of rotatable bonds is 2. The number of aliphatic hydroxyl groups is 1. The van der Waals surface area contributed by atoms with Gasteiger partial charge in [-0.25, -0.2) is 8.78 Å². The fraction of sp³-hybridized carbons (Fsp3) is 0.143. The van der Waals surface area contributed by atoms with Crippen molar-refractivity contribution in [3.8, 4) is 0 Å². The molecule has 0 aliphatic carbocycles. The Kier molecular flexibility index (Phi) is 3.20. The number of hydrogen-bond acceptors (Lipinski definition) is 1. The highest BCUT2D eigenvalue weighted by Crippen LogP contribution is 2.25. The maximum atomic E-state index is 13.6. The van der Waals surface area contributed by atoms with E-state index >= 15 is 0 Å². The Hall–Kier alpha value is -1.74. The van der Waals surface area contributed by atoms with Gasteiger partial charge in [0.1, 0.15) is 17.7 Å². The highest BCUT2D eigenvalue weighted by molar-refractivity contribution is 5.32. The molecule has 0 fully saturated rings. The number of aryl methyl sites for hydroxylation is 1. The summed E-state index contributed by atoms with van der Waals surface area (Å²) >= 11 is 0. The lowest BCUT2D eigenvalue weighted by atomic mass is 10.00. The second-order valence-corrected chi connectivity index (χ2v) is 3.98. The number of benzene rings is 2. The van der Waals surface area contributed by atoms with Crippen molar-refractivity contribution in [2.24, 2.45) is 0 Å². The summed E-state index contributed by atoms with van der Waals surface area (Å²) in [6, 6.07) is 10.1. The monoisotopic (exact) mass is 234 g/mol. The molecule has 2 aromatic carbocycles. The summed E-state index contributed by atoms with van der Waals surface area (Å²) in [5, 5.41) is 9.98. The summed E-state index contributed by atoms with van der Waals surface area (Å²) in [6.45, 7) is 1.77. The fourth-order valence-corrected chi connectivity index (χ4v) is 1.71. The predicted molar refractivity (Wildman–Crippen MR) is 61.6 cm³/mol. The van der Waals surface area contributed by atoms with Crippen molar-refractivity contribution in [2.75, 3.05) is 0 Å². The number of halogens is 2. The van der Waals surface area contributed by atoms with E-state index in [1.807, 2.05) is 0 Å². The molecule has 0 aliphatic rings. The van der Waals surface area contributed by atoms with Crippen LogP contribution in [0, 0.1) is 18.6 Å². The summed E-state index contributed by atoms with van der Waals surface area (Å²) in [5.41, 5.74) is 1.27. The van der Waals surface area contributed by atoms with Crippen LogP contribution in [-0.4, -0.2) is 5.11 Å². The molecule has 1 nitrogen and oxygen atoms in total. The van der Waals surface area contributed by atoms with E-state index in [1.54, 1.807) is 19.1 Å². The molecule has 17 heavy (non-hydrogen) atoms. The fourth-order valence-electron chi connectivity index (χ4n) is 1.71. The van der Waals surface area contributed by atoms with Gasteiger partial charge in [0, 0.05) is 5.56 Å². The van der Waals surface area contributed by atoms with Gasteiger partial charge in [-0.1, -0.05) is 24.3 Å². The minimum Gasteiger partial charge on any atom is -0.384 e. The first-order valence-electron chi connectivity index (χ1n) is 5.27. The maximum absolute atomic E-state index is 13.6. The first-order valence-corrected chi connectivity index (χ1v) is 5.27. The smallest absolute Gasteiger partial charge is 0.129 e. The zero-order valence-electron chi connectivity index (χ0n) is 9.32. The van der Waals surface area contributed by atoms with Crippen LogP contribution in [0.3, 0.4) is 0 Å². The second-order valence-electron chi connectivity index (χ2n) is 3.98. The van der Waals surface area contributed by atoms with Crippen LogP contribution in [0.1, 0.15) is 22.8 Å². The third kappa shape index (κ3) is 2.50. The Labute approximate surface area is 98.3 Å². The zero-order valence-corrected chi connectivity index (χ0v) is 9.32. The van der Waals surface area contributed by atoms with Crippen LogP contribution in [0.5, 0.6) is 0 Å². The van der Waals surface area contributed by atoms with Gasteiger partial charge >= 0.3 is 0 Å². The Bertz CT molecular complexity index is 537. The van der Waals surface area contributed by atoms with Crippen molar-refractivity contribution in [2.45, 2.75) is 13.0 Å². The van der Waals surface area contributed by atoms with Crippen molar-refractivity contribution in [3.63, 3.8) is 0 Å². The minimum absolute atomic E-state index is 0.154. The normalized spacial score (nSPS) is 12.5. The van der Waals surface area contributed by atoms with Crippen molar-refractivity contribution in [1.29, 1.82) is 0 Å². The van der Waals surface area contributed by atoms with Crippen molar-refractivity contribution >= 4 is 0 Å². The molecule has 0 spiro atoms. The van der Waals surface area contributed by atoms with Crippen LogP contribution in [0.4, 0.5) is 8.78 Å². The summed E-state index contributed by atoms with van der Waals surface area (Å²) in [4.78, 5) is 0. The predicted octanol–water partition coefficient (Wildman–Crippen LogP) is 3.35. The zero-order chi connectivity index (χ0) is 12.4. The van der Waals surface area contributed by atoms with E-state index in [0.29, 0.717) is 5.56 Å². The van der Waals surface area contributed by atoms with E-state index in [-0.39, 0.29) is 5.56 Å². The Morgan fingerprint density at radius 2 is 1.82 bits per heavy atom. The van der Waals surface area contributed by atoms with Gasteiger partial charge < -0.3 is 5.11 Å². The summed E-state index contributed by atoms with van der Waals surface area (Å²) in [5.74, 6) is -0.934. The molecule has 0 heterocycles. The van der Waals surface area contributed by atoms with Gasteiger partial charge in [0.15, 0.2) is 0 Å². The lowest BCUT2D eigenvalue weighted by molar-refractivity contribution is 0.214. The van der Waals surface area contributed by atoms with Gasteiger partial charge in [-0.2, -0.15) is 0 Å². The molecule has 0 amide bonds. The van der Waals surface area contributed by atoms with Gasteiger partial charge in [0.2, 0.25) is 0 Å². The van der Waals surface area contributed by atoms with Crippen molar-refractivity contribution < 1.29 is 13.9 Å². The SMILES string of the molecule is Cc1ccc(C(O)c2cccc(F)c2)c(F)c1. The van der Waals surface area contributed by atoms with Crippen LogP contribution in [0.15, 0.2) is 42.5 Å². The summed E-state index contributed by atoms with van der Waals surface area (Å²) in [6.07, 6.45) is -1.15. The number of aliphatic hydroxyl groups excluding tert-OH is 1. The average molecular weight is 234 g/mol. The van der Waals surface area contributed by atoms with Crippen molar-refractivity contribution in [1.82, 2.24) is 0 Å². The van der Waals surface area contributed by atoms with Crippen LogP contribution in [-0.2, 0) is 0 Å². The highest BCUT2D eigenvalue weighted by atomic mass is 19.1. The Morgan fingerprint density at radius 1 is 1.06 bits per heavy atom. The van der Waals surface area contributed by atoms with E-state index in [2.05, 4.69) is 0 Å². The van der Waals surface area contributed by atoms with Gasteiger partial charge in [0.25, 0.3) is 0 Å². The lowest BCUT2D eigenvalue weighted by Crippen LogP contribution is -2.03. The summed E-state index contributed by atoms with van der Waals surface area (Å²) in [7, 11) is 0. The van der Waals surface area contributed by atoms with Crippen molar-refractivity contribution in [3.05, 3.63) is 70.8 Å². The topological polar surface area (TPSA) is 20.2 Å². The molecule has 0 aromatic heterocycles. The first kappa shape index (κ1) is 11.7. The molecular formula is C14H12F2O. The van der Waals surface area contributed by atoms with Crippen LogP contribution in [0.2, 0.25) is 0 Å². The molecular weight excluding hydrogens is 222 g/mol. The Balaban J connectivity index is 2.40. The Morgan fingerprint density at radius 3 is 2.47 bits per heavy atom. The average Bonchev–Trinajstić information content (AvgIpc) is 2.28. The molecule has 3 heteroatoms. The standard InChI is InChI=1S/C14H12F2O/c1-9-5-6-12(13(16)7-9)14(17)10-3-2-4-11(15)8-10/h2-8,14,17H,1H3. The first-order chi connectivity index (χ1) is 8.08. The molecule has 0 saturated carbocycles. The third-order valence-corrected chi connectivity index (χ3v) is 2.61. The molecule has 1 N–H and O–H groups in total. The lowest BCUT2D eigenvalue weighted by Gasteiger charge is -2.12. The second kappa shape index (κ2) is 4.63. The molecule has 0 saturated heterocycles. The van der Waals surface area contributed by atoms with Crippen LogP contribution >= 0.6 is 0 Å². The van der Waals surface area contributed by atoms with Crippen LogP contribution < -0.4 is 0 Å². The van der Waals surface area contributed by atoms with Gasteiger partial charge in [-0.15, -0.1) is 0 Å². The molecule has 0 bridgehead atoms. The summed E-state index contributed by atoms with van der Waals surface area (Å²) < 4.78 is 26.6. The molecule has 1 atom stereocenters. The number of hydrogen-bond donors (Lipinski definition) is 1. The molecule has 1 unspecified atom stereocenters. The van der Waals surface area contributed by atoms with Gasteiger partial charge in [0.05, 0.1) is 0 Å². The molecule has 0 radical (unpaired) electrons. The molecule has 2 aromatic rings. The molecule has 0 aliphatic heterocycles. The molecule has 88 valence electrons. The van der Waals surface area contributed by atoms with E-state index in [9.17, 15) is 13.9 Å². The maximum Gasteiger partial charge on any atom is 0.129 e. The third-order valence-electron chi connectivity index (χ3n) is 2.61. The van der Waals surface area contributed by atoms with Crippen LogP contribution in [0.25, 0.3) is 0 Å². The van der Waals surface area contributed by atoms with E-state index in [1.165, 1.54) is 30.3 Å². The van der Waals surface area contributed by atoms with Gasteiger partial charge in [-0.3, -0.25) is 0 Å². The molecule has 2 rings (SSSR count). The van der Waals surface area contributed by atoms with E-state index in [0.717, 1.165) is 5.56 Å². The highest BCUT2D eigenvalue weighted by Gasteiger charge is 2.15. The van der Waals surface area contributed by atoms with Gasteiger partial charge in [-0.05, 0) is 36.2 Å². The largest absolute Gasteiger partial charge is 0.384 e. The quantitative estimate of drug-likeness (QED) is 0.844.